The number of carbonyl (C=O) groups excluding carboxylic acids is 2. The van der Waals surface area contributed by atoms with Gasteiger partial charge in [-0.25, -0.2) is 4.39 Å². The minimum Gasteiger partial charge on any atom is -0.352 e. The molecule has 0 spiro atoms. The second-order valence-corrected chi connectivity index (χ2v) is 8.71. The summed E-state index contributed by atoms with van der Waals surface area (Å²) in [6.07, 6.45) is 2.92. The van der Waals surface area contributed by atoms with Gasteiger partial charge in [0, 0.05) is 48.7 Å². The van der Waals surface area contributed by atoms with E-state index in [0.717, 1.165) is 29.3 Å². The molecule has 2 unspecified atom stereocenters. The number of nitrogens with zero attached hydrogens (tertiary/aromatic N) is 1. The third-order valence-corrected chi connectivity index (χ3v) is 5.96. The van der Waals surface area contributed by atoms with Gasteiger partial charge in [-0.3, -0.25) is 20.4 Å². The standard InChI is InChI=1S/C23H28BrFN4O2/c1-29(22(30)11-12-26-23(31)16-7-9-18(24)10-8-16)13-3-6-20-15-21(28-27-20)17-4-2-5-19(25)14-17/h2,4-5,7-10,14,20-21,27-28H,3,6,11-13,15H2,1H3,(H,26,31). The lowest BCUT2D eigenvalue weighted by molar-refractivity contribution is -0.129. The molecule has 3 rings (SSSR count). The van der Waals surface area contributed by atoms with Gasteiger partial charge >= 0.3 is 0 Å². The minimum atomic E-state index is -0.226. The van der Waals surface area contributed by atoms with Crippen LogP contribution in [0.3, 0.4) is 0 Å². The number of carbonyl (C=O) groups is 2. The van der Waals surface area contributed by atoms with E-state index in [1.165, 1.54) is 6.07 Å². The molecule has 1 aliphatic heterocycles. The molecular formula is C23H28BrFN4O2. The molecule has 2 aromatic carbocycles. The van der Waals surface area contributed by atoms with Crippen LogP contribution in [0.5, 0.6) is 0 Å². The Balaban J connectivity index is 1.31. The molecule has 0 radical (unpaired) electrons. The van der Waals surface area contributed by atoms with E-state index in [9.17, 15) is 14.0 Å². The number of rotatable bonds is 9. The van der Waals surface area contributed by atoms with Crippen LogP contribution in [-0.4, -0.2) is 42.9 Å². The Bertz CT molecular complexity index is 893. The van der Waals surface area contributed by atoms with Gasteiger partial charge in [-0.05, 0) is 61.2 Å². The summed E-state index contributed by atoms with van der Waals surface area (Å²) in [5.74, 6) is -0.405. The van der Waals surface area contributed by atoms with Crippen molar-refractivity contribution in [2.75, 3.05) is 20.1 Å². The zero-order valence-electron chi connectivity index (χ0n) is 17.5. The first-order chi connectivity index (χ1) is 14.9. The molecule has 2 aromatic rings. The van der Waals surface area contributed by atoms with Crippen molar-refractivity contribution in [1.82, 2.24) is 21.1 Å². The third-order valence-electron chi connectivity index (χ3n) is 5.44. The number of halogens is 2. The Labute approximate surface area is 190 Å². The molecule has 166 valence electrons. The molecule has 2 amide bonds. The lowest BCUT2D eigenvalue weighted by atomic mass is 9.99. The van der Waals surface area contributed by atoms with Crippen LogP contribution in [0.4, 0.5) is 4.39 Å². The smallest absolute Gasteiger partial charge is 0.251 e. The number of hydrazine groups is 1. The van der Waals surface area contributed by atoms with E-state index in [-0.39, 0.29) is 36.1 Å². The van der Waals surface area contributed by atoms with Crippen molar-refractivity contribution in [3.8, 4) is 0 Å². The summed E-state index contributed by atoms with van der Waals surface area (Å²) in [5.41, 5.74) is 8.00. The molecule has 1 heterocycles. The predicted molar refractivity (Wildman–Crippen MR) is 122 cm³/mol. The molecule has 31 heavy (non-hydrogen) atoms. The average molecular weight is 491 g/mol. The highest BCUT2D eigenvalue weighted by Crippen LogP contribution is 2.24. The van der Waals surface area contributed by atoms with Crippen LogP contribution in [0.25, 0.3) is 0 Å². The lowest BCUT2D eigenvalue weighted by Crippen LogP contribution is -2.34. The predicted octanol–water partition coefficient (Wildman–Crippen LogP) is 3.55. The fraction of sp³-hybridized carbons (Fsp3) is 0.391. The SMILES string of the molecule is CN(CCCC1CC(c2cccc(F)c2)NN1)C(=O)CCNC(=O)c1ccc(Br)cc1. The van der Waals surface area contributed by atoms with Crippen molar-refractivity contribution >= 4 is 27.7 Å². The van der Waals surface area contributed by atoms with Gasteiger partial charge in [-0.1, -0.05) is 28.1 Å². The van der Waals surface area contributed by atoms with Gasteiger partial charge in [0.15, 0.2) is 0 Å². The monoisotopic (exact) mass is 490 g/mol. The van der Waals surface area contributed by atoms with Crippen LogP contribution in [0.1, 0.15) is 47.6 Å². The average Bonchev–Trinajstić information content (AvgIpc) is 3.23. The van der Waals surface area contributed by atoms with Gasteiger partial charge in [0.05, 0.1) is 0 Å². The first kappa shape index (κ1) is 23.4. The summed E-state index contributed by atoms with van der Waals surface area (Å²) >= 11 is 3.34. The van der Waals surface area contributed by atoms with Crippen LogP contribution in [0.2, 0.25) is 0 Å². The molecule has 8 heteroatoms. The third kappa shape index (κ3) is 7.12. The molecule has 1 saturated heterocycles. The Kier molecular flexibility index (Phi) is 8.57. The highest BCUT2D eigenvalue weighted by molar-refractivity contribution is 9.10. The molecule has 0 aliphatic carbocycles. The van der Waals surface area contributed by atoms with Gasteiger partial charge in [-0.15, -0.1) is 0 Å². The highest BCUT2D eigenvalue weighted by Gasteiger charge is 2.25. The molecule has 0 aromatic heterocycles. The fourth-order valence-electron chi connectivity index (χ4n) is 3.63. The first-order valence-corrected chi connectivity index (χ1v) is 11.3. The van der Waals surface area contributed by atoms with Crippen LogP contribution in [0.15, 0.2) is 53.0 Å². The summed E-state index contributed by atoms with van der Waals surface area (Å²) in [4.78, 5) is 26.1. The number of hydrogen-bond acceptors (Lipinski definition) is 4. The Morgan fingerprint density at radius 3 is 2.71 bits per heavy atom. The molecule has 0 saturated carbocycles. The van der Waals surface area contributed by atoms with Crippen molar-refractivity contribution < 1.29 is 14.0 Å². The van der Waals surface area contributed by atoms with Gasteiger partial charge < -0.3 is 10.2 Å². The van der Waals surface area contributed by atoms with Crippen LogP contribution in [-0.2, 0) is 4.79 Å². The normalized spacial score (nSPS) is 18.0. The van der Waals surface area contributed by atoms with Crippen LogP contribution < -0.4 is 16.2 Å². The van der Waals surface area contributed by atoms with Crippen molar-refractivity contribution in [2.24, 2.45) is 0 Å². The number of benzene rings is 2. The van der Waals surface area contributed by atoms with Gasteiger partial charge in [0.1, 0.15) is 5.82 Å². The van der Waals surface area contributed by atoms with E-state index >= 15 is 0 Å². The van der Waals surface area contributed by atoms with Crippen molar-refractivity contribution in [1.29, 1.82) is 0 Å². The topological polar surface area (TPSA) is 73.5 Å². The summed E-state index contributed by atoms with van der Waals surface area (Å²) < 4.78 is 14.3. The minimum absolute atomic E-state index is 0.00579. The molecular weight excluding hydrogens is 463 g/mol. The van der Waals surface area contributed by atoms with E-state index in [1.54, 1.807) is 36.2 Å². The summed E-state index contributed by atoms with van der Waals surface area (Å²) in [6.45, 7) is 0.962. The van der Waals surface area contributed by atoms with Crippen molar-refractivity contribution in [3.05, 3.63) is 69.9 Å². The lowest BCUT2D eigenvalue weighted by Gasteiger charge is -2.18. The van der Waals surface area contributed by atoms with E-state index in [2.05, 4.69) is 32.1 Å². The molecule has 3 N–H and O–H groups in total. The van der Waals surface area contributed by atoms with E-state index < -0.39 is 0 Å². The Morgan fingerprint density at radius 2 is 1.97 bits per heavy atom. The number of amides is 2. The van der Waals surface area contributed by atoms with E-state index in [0.29, 0.717) is 18.7 Å². The van der Waals surface area contributed by atoms with Crippen LogP contribution >= 0.6 is 15.9 Å². The van der Waals surface area contributed by atoms with Crippen molar-refractivity contribution in [2.45, 2.75) is 37.8 Å². The second kappa shape index (κ2) is 11.4. The summed E-state index contributed by atoms with van der Waals surface area (Å²) in [5, 5.41) is 2.78. The molecule has 1 aliphatic rings. The molecule has 0 bridgehead atoms. The molecule has 6 nitrogen and oxygen atoms in total. The maximum Gasteiger partial charge on any atom is 0.251 e. The van der Waals surface area contributed by atoms with Gasteiger partial charge in [0.2, 0.25) is 5.91 Å². The maximum atomic E-state index is 13.4. The van der Waals surface area contributed by atoms with E-state index in [4.69, 9.17) is 0 Å². The van der Waals surface area contributed by atoms with E-state index in [1.807, 2.05) is 18.2 Å². The van der Waals surface area contributed by atoms with Gasteiger partial charge in [0.25, 0.3) is 5.91 Å². The Morgan fingerprint density at radius 1 is 1.19 bits per heavy atom. The highest BCUT2D eigenvalue weighted by atomic mass is 79.9. The first-order valence-electron chi connectivity index (χ1n) is 10.5. The summed E-state index contributed by atoms with van der Waals surface area (Å²) in [7, 11) is 1.79. The molecule has 1 fully saturated rings. The largest absolute Gasteiger partial charge is 0.352 e. The summed E-state index contributed by atoms with van der Waals surface area (Å²) in [6, 6.07) is 14.1. The van der Waals surface area contributed by atoms with Crippen molar-refractivity contribution in [3.63, 3.8) is 0 Å². The zero-order valence-corrected chi connectivity index (χ0v) is 19.1. The fourth-order valence-corrected chi connectivity index (χ4v) is 3.89. The van der Waals surface area contributed by atoms with Crippen LogP contribution in [0, 0.1) is 5.82 Å². The second-order valence-electron chi connectivity index (χ2n) is 7.80. The zero-order chi connectivity index (χ0) is 22.2. The number of hydrogen-bond donors (Lipinski definition) is 3. The quantitative estimate of drug-likeness (QED) is 0.502. The Hall–Kier alpha value is -2.29. The van der Waals surface area contributed by atoms with Gasteiger partial charge in [-0.2, -0.15) is 0 Å². The molecule has 2 atom stereocenters. The number of nitrogens with one attached hydrogen (secondary N) is 3. The maximum absolute atomic E-state index is 13.4.